The molecule has 0 saturated heterocycles. The van der Waals surface area contributed by atoms with E-state index >= 15 is 0 Å². The number of amides is 1. The maximum atomic E-state index is 12.0. The lowest BCUT2D eigenvalue weighted by atomic mass is 9.63. The summed E-state index contributed by atoms with van der Waals surface area (Å²) in [6, 6.07) is 2.37. The van der Waals surface area contributed by atoms with Crippen LogP contribution in [0, 0.1) is 22.7 Å². The zero-order valence-electron chi connectivity index (χ0n) is 11.0. The Hall–Kier alpha value is -0.690. The number of carbonyl (C=O) groups is 1. The molecule has 1 saturated carbocycles. The van der Waals surface area contributed by atoms with Gasteiger partial charge in [0.05, 0.1) is 6.07 Å². The van der Waals surface area contributed by atoms with Gasteiger partial charge in [-0.2, -0.15) is 17.0 Å². The lowest BCUT2D eigenvalue weighted by Crippen LogP contribution is -2.50. The smallest absolute Gasteiger partial charge is 0.240 e. The Kier molecular flexibility index (Phi) is 5.32. The highest BCUT2D eigenvalue weighted by Crippen LogP contribution is 2.45. The number of carbonyl (C=O) groups excluding carboxylic acids is 1. The number of nitrogens with zero attached hydrogens (tertiary/aromatic N) is 1. The molecule has 1 amide bonds. The second kappa shape index (κ2) is 6.30. The number of thioether (sulfide) groups is 1. The van der Waals surface area contributed by atoms with Crippen LogP contribution in [0.1, 0.15) is 40.0 Å². The Bertz CT molecular complexity index is 305. The molecule has 1 N–H and O–H groups in total. The highest BCUT2D eigenvalue weighted by Gasteiger charge is 2.49. The van der Waals surface area contributed by atoms with Gasteiger partial charge >= 0.3 is 0 Å². The number of hydrogen-bond donors (Lipinski definition) is 1. The molecule has 0 aromatic heterocycles. The van der Waals surface area contributed by atoms with Gasteiger partial charge in [-0.3, -0.25) is 4.79 Å². The van der Waals surface area contributed by atoms with E-state index in [9.17, 15) is 4.79 Å². The molecule has 0 radical (unpaired) electrons. The number of rotatable bonds is 6. The first kappa shape index (κ1) is 14.4. The molecule has 1 atom stereocenters. The van der Waals surface area contributed by atoms with Crippen LogP contribution in [0.25, 0.3) is 0 Å². The first-order valence-corrected chi connectivity index (χ1v) is 7.49. The van der Waals surface area contributed by atoms with Crippen molar-refractivity contribution in [2.75, 3.05) is 11.5 Å². The standard InChI is InChI=1S/C13H22N2OS/c1-4-17-6-5-11(3)15-12(16)13(9-14)7-10(2)8-13/h10-11H,4-8H2,1-3H3,(H,15,16). The monoisotopic (exact) mass is 254 g/mol. The van der Waals surface area contributed by atoms with Gasteiger partial charge in [-0.1, -0.05) is 13.8 Å². The summed E-state index contributed by atoms with van der Waals surface area (Å²) >= 11 is 1.88. The van der Waals surface area contributed by atoms with Crippen molar-refractivity contribution in [2.24, 2.45) is 11.3 Å². The molecule has 1 aliphatic rings. The molecule has 4 heteroatoms. The van der Waals surface area contributed by atoms with Crippen LogP contribution in [0.4, 0.5) is 0 Å². The zero-order chi connectivity index (χ0) is 12.9. The predicted molar refractivity (Wildman–Crippen MR) is 71.7 cm³/mol. The van der Waals surface area contributed by atoms with Crippen LogP contribution < -0.4 is 5.32 Å². The van der Waals surface area contributed by atoms with Crippen LogP contribution in [0.2, 0.25) is 0 Å². The Morgan fingerprint density at radius 1 is 1.65 bits per heavy atom. The summed E-state index contributed by atoms with van der Waals surface area (Å²) in [5.74, 6) is 2.62. The Morgan fingerprint density at radius 3 is 2.76 bits per heavy atom. The lowest BCUT2D eigenvalue weighted by molar-refractivity contribution is -0.134. The molecule has 3 nitrogen and oxygen atoms in total. The van der Waals surface area contributed by atoms with E-state index in [1.54, 1.807) is 0 Å². The van der Waals surface area contributed by atoms with Crippen LogP contribution >= 0.6 is 11.8 Å². The van der Waals surface area contributed by atoms with E-state index in [4.69, 9.17) is 5.26 Å². The molecule has 1 fully saturated rings. The van der Waals surface area contributed by atoms with E-state index in [1.807, 2.05) is 18.7 Å². The van der Waals surface area contributed by atoms with Gasteiger partial charge in [0.1, 0.15) is 5.41 Å². The molecule has 0 heterocycles. The first-order chi connectivity index (χ1) is 8.04. The van der Waals surface area contributed by atoms with E-state index in [0.29, 0.717) is 18.8 Å². The Balaban J connectivity index is 2.36. The van der Waals surface area contributed by atoms with Crippen LogP contribution in [-0.4, -0.2) is 23.5 Å². The van der Waals surface area contributed by atoms with Crippen molar-refractivity contribution < 1.29 is 4.79 Å². The zero-order valence-corrected chi connectivity index (χ0v) is 11.8. The van der Waals surface area contributed by atoms with Crippen LogP contribution in [0.3, 0.4) is 0 Å². The van der Waals surface area contributed by atoms with Crippen molar-refractivity contribution in [2.45, 2.75) is 46.1 Å². The third-order valence-corrected chi connectivity index (χ3v) is 4.25. The largest absolute Gasteiger partial charge is 0.352 e. The summed E-state index contributed by atoms with van der Waals surface area (Å²) in [7, 11) is 0. The van der Waals surface area contributed by atoms with Gasteiger partial charge < -0.3 is 5.32 Å². The molecular weight excluding hydrogens is 232 g/mol. The highest BCUT2D eigenvalue weighted by molar-refractivity contribution is 7.99. The molecule has 17 heavy (non-hydrogen) atoms. The topological polar surface area (TPSA) is 52.9 Å². The molecule has 1 rings (SSSR count). The summed E-state index contributed by atoms with van der Waals surface area (Å²) < 4.78 is 0. The van der Waals surface area contributed by atoms with Gasteiger partial charge in [-0.25, -0.2) is 0 Å². The quantitative estimate of drug-likeness (QED) is 0.741. The van der Waals surface area contributed by atoms with Crippen molar-refractivity contribution >= 4 is 17.7 Å². The number of hydrogen-bond acceptors (Lipinski definition) is 3. The highest BCUT2D eigenvalue weighted by atomic mass is 32.2. The van der Waals surface area contributed by atoms with Gasteiger partial charge in [-0.05, 0) is 43.6 Å². The minimum atomic E-state index is -0.731. The molecule has 1 aliphatic carbocycles. The fourth-order valence-electron chi connectivity index (χ4n) is 2.30. The van der Waals surface area contributed by atoms with Gasteiger partial charge in [0.25, 0.3) is 0 Å². The van der Waals surface area contributed by atoms with Gasteiger partial charge in [0.15, 0.2) is 0 Å². The average Bonchev–Trinajstić information content (AvgIpc) is 2.24. The van der Waals surface area contributed by atoms with Crippen LogP contribution in [0.15, 0.2) is 0 Å². The summed E-state index contributed by atoms with van der Waals surface area (Å²) in [5.41, 5.74) is -0.731. The van der Waals surface area contributed by atoms with Crippen molar-refractivity contribution in [3.63, 3.8) is 0 Å². The third kappa shape index (κ3) is 3.64. The second-order valence-electron chi connectivity index (χ2n) is 5.07. The molecule has 0 bridgehead atoms. The SMILES string of the molecule is CCSCCC(C)NC(=O)C1(C#N)CC(C)C1. The van der Waals surface area contributed by atoms with E-state index < -0.39 is 5.41 Å². The minimum Gasteiger partial charge on any atom is -0.352 e. The Labute approximate surface area is 108 Å². The first-order valence-electron chi connectivity index (χ1n) is 6.34. The maximum absolute atomic E-state index is 12.0. The van der Waals surface area contributed by atoms with E-state index in [0.717, 1.165) is 17.9 Å². The van der Waals surface area contributed by atoms with Crippen molar-refractivity contribution in [1.82, 2.24) is 5.32 Å². The van der Waals surface area contributed by atoms with Crippen LogP contribution in [-0.2, 0) is 4.79 Å². The van der Waals surface area contributed by atoms with Crippen molar-refractivity contribution in [3.05, 3.63) is 0 Å². The third-order valence-electron chi connectivity index (χ3n) is 3.32. The molecule has 0 aliphatic heterocycles. The van der Waals surface area contributed by atoms with Gasteiger partial charge in [-0.15, -0.1) is 0 Å². The molecule has 96 valence electrons. The van der Waals surface area contributed by atoms with Gasteiger partial charge in [0, 0.05) is 6.04 Å². The van der Waals surface area contributed by atoms with Crippen LogP contribution in [0.5, 0.6) is 0 Å². The minimum absolute atomic E-state index is 0.0629. The maximum Gasteiger partial charge on any atom is 0.240 e. The number of nitriles is 1. The average molecular weight is 254 g/mol. The van der Waals surface area contributed by atoms with E-state index in [2.05, 4.69) is 25.2 Å². The molecule has 0 spiro atoms. The van der Waals surface area contributed by atoms with E-state index in [-0.39, 0.29) is 11.9 Å². The van der Waals surface area contributed by atoms with E-state index in [1.165, 1.54) is 0 Å². The summed E-state index contributed by atoms with van der Waals surface area (Å²) in [6.45, 7) is 6.24. The Morgan fingerprint density at radius 2 is 2.29 bits per heavy atom. The van der Waals surface area contributed by atoms with Gasteiger partial charge in [0.2, 0.25) is 5.91 Å². The molecule has 1 unspecified atom stereocenters. The molecule has 0 aromatic rings. The summed E-state index contributed by atoms with van der Waals surface area (Å²) in [4.78, 5) is 12.0. The summed E-state index contributed by atoms with van der Waals surface area (Å²) in [5, 5.41) is 12.1. The lowest BCUT2D eigenvalue weighted by Gasteiger charge is -2.39. The van der Waals surface area contributed by atoms with Crippen molar-refractivity contribution in [1.29, 1.82) is 5.26 Å². The fraction of sp³-hybridized carbons (Fsp3) is 0.846. The summed E-state index contributed by atoms with van der Waals surface area (Å²) in [6.07, 6.45) is 2.40. The normalized spacial score (nSPS) is 28.9. The molecule has 0 aromatic carbocycles. The molecular formula is C13H22N2OS. The second-order valence-corrected chi connectivity index (χ2v) is 6.46. The predicted octanol–water partition coefficient (Wildman–Crippen LogP) is 2.57. The number of nitrogens with one attached hydrogen (secondary N) is 1. The van der Waals surface area contributed by atoms with Crippen molar-refractivity contribution in [3.8, 4) is 6.07 Å². The fourth-order valence-corrected chi connectivity index (χ4v) is 3.10.